The number of piperazine rings is 1. The lowest BCUT2D eigenvalue weighted by atomic mass is 9.97. The zero-order valence-corrected chi connectivity index (χ0v) is 22.4. The normalized spacial score (nSPS) is 20.6. The molecule has 35 heavy (non-hydrogen) atoms. The molecule has 1 saturated carbocycles. The Morgan fingerprint density at radius 1 is 1.14 bits per heavy atom. The minimum absolute atomic E-state index is 0.149. The van der Waals surface area contributed by atoms with E-state index in [1.165, 1.54) is 12.1 Å². The summed E-state index contributed by atoms with van der Waals surface area (Å²) in [4.78, 5) is 17.0. The summed E-state index contributed by atoms with van der Waals surface area (Å²) in [5.41, 5.74) is 2.63. The average molecular weight is 543 g/mol. The second kappa shape index (κ2) is 10.3. The first-order valence-electron chi connectivity index (χ1n) is 11.7. The maximum atomic E-state index is 14.9. The lowest BCUT2D eigenvalue weighted by molar-refractivity contribution is 0.0503. The van der Waals surface area contributed by atoms with E-state index in [-0.39, 0.29) is 23.6 Å². The maximum absolute atomic E-state index is 14.9. The molecule has 10 heteroatoms. The fourth-order valence-corrected chi connectivity index (χ4v) is 5.94. The highest BCUT2D eigenvalue weighted by atomic mass is 35.5. The van der Waals surface area contributed by atoms with Crippen LogP contribution in [-0.2, 0) is 16.6 Å². The van der Waals surface area contributed by atoms with Gasteiger partial charge in [-0.25, -0.2) is 17.5 Å². The molecule has 2 aliphatic rings. The highest BCUT2D eigenvalue weighted by Gasteiger charge is 2.32. The number of amides is 1. The first-order chi connectivity index (χ1) is 16.4. The highest BCUT2D eigenvalue weighted by Crippen LogP contribution is 2.43. The zero-order valence-electron chi connectivity index (χ0n) is 20.0. The van der Waals surface area contributed by atoms with Crippen molar-refractivity contribution in [3.05, 3.63) is 68.4 Å². The van der Waals surface area contributed by atoms with Gasteiger partial charge in [0.05, 0.1) is 11.8 Å². The number of benzene rings is 2. The molecule has 2 aromatic carbocycles. The zero-order chi connectivity index (χ0) is 25.5. The summed E-state index contributed by atoms with van der Waals surface area (Å²) in [6.45, 7) is 7.35. The predicted octanol–water partition coefficient (Wildman–Crippen LogP) is 4.97. The molecule has 0 radical (unpaired) electrons. The SMILES string of the molecule is CC1CN(Cc2cc(F)c(C(=O)NS(C)(=O)=O)cc2C2CC2)CCN1[C@H](C)c1cc(Cl)cc(Cl)c1. The van der Waals surface area contributed by atoms with E-state index in [0.717, 1.165) is 55.4 Å². The Hall–Kier alpha value is -1.71. The van der Waals surface area contributed by atoms with Crippen LogP contribution in [0.15, 0.2) is 30.3 Å². The molecule has 1 unspecified atom stereocenters. The number of rotatable bonds is 7. The maximum Gasteiger partial charge on any atom is 0.267 e. The monoisotopic (exact) mass is 541 g/mol. The van der Waals surface area contributed by atoms with Crippen LogP contribution < -0.4 is 4.72 Å². The Bertz CT molecular complexity index is 1220. The molecule has 2 atom stereocenters. The van der Waals surface area contributed by atoms with Gasteiger partial charge in [-0.15, -0.1) is 0 Å². The summed E-state index contributed by atoms with van der Waals surface area (Å²) in [5, 5.41) is 1.24. The summed E-state index contributed by atoms with van der Waals surface area (Å²) < 4.78 is 39.6. The van der Waals surface area contributed by atoms with E-state index in [4.69, 9.17) is 23.2 Å². The molecule has 190 valence electrons. The molecule has 1 aliphatic heterocycles. The second-order valence-corrected chi connectivity index (χ2v) is 12.3. The van der Waals surface area contributed by atoms with Crippen LogP contribution in [0.3, 0.4) is 0 Å². The number of carbonyl (C=O) groups is 1. The second-order valence-electron chi connectivity index (χ2n) is 9.71. The van der Waals surface area contributed by atoms with Gasteiger partial charge >= 0.3 is 0 Å². The fourth-order valence-electron chi connectivity index (χ4n) is 4.95. The van der Waals surface area contributed by atoms with Gasteiger partial charge in [0.1, 0.15) is 5.82 Å². The number of nitrogens with one attached hydrogen (secondary N) is 1. The van der Waals surface area contributed by atoms with E-state index >= 15 is 0 Å². The Kier molecular flexibility index (Phi) is 7.79. The van der Waals surface area contributed by atoms with E-state index in [1.807, 2.05) is 16.9 Å². The summed E-state index contributed by atoms with van der Waals surface area (Å²) in [7, 11) is -3.78. The van der Waals surface area contributed by atoms with Crippen molar-refractivity contribution in [2.75, 3.05) is 25.9 Å². The third kappa shape index (κ3) is 6.54. The number of hydrogen-bond donors (Lipinski definition) is 1. The first-order valence-corrected chi connectivity index (χ1v) is 14.3. The van der Waals surface area contributed by atoms with Crippen molar-refractivity contribution in [3.63, 3.8) is 0 Å². The standard InChI is InChI=1S/C25H30Cl2FN3O3S/c1-15-13-30(6-7-31(15)16(2)18-8-20(26)11-21(27)9-18)14-19-10-24(28)23(12-22(19)17-4-5-17)25(32)29-35(3,33)34/h8-12,15-17H,4-7,13-14H2,1-3H3,(H,29,32)/t15?,16-/m1/s1. The molecule has 4 rings (SSSR count). The third-order valence-corrected chi connectivity index (χ3v) is 7.78. The molecule has 1 aliphatic carbocycles. The molecule has 1 amide bonds. The Morgan fingerprint density at radius 3 is 2.37 bits per heavy atom. The van der Waals surface area contributed by atoms with E-state index < -0.39 is 21.7 Å². The van der Waals surface area contributed by atoms with E-state index in [9.17, 15) is 17.6 Å². The van der Waals surface area contributed by atoms with Gasteiger partial charge in [-0.2, -0.15) is 0 Å². The predicted molar refractivity (Wildman–Crippen MR) is 137 cm³/mol. The number of carbonyl (C=O) groups excluding carboxylic acids is 1. The van der Waals surface area contributed by atoms with Crippen molar-refractivity contribution in [2.45, 2.75) is 51.2 Å². The van der Waals surface area contributed by atoms with Crippen LogP contribution in [0.4, 0.5) is 4.39 Å². The number of hydrogen-bond acceptors (Lipinski definition) is 5. The smallest absolute Gasteiger partial charge is 0.267 e. The van der Waals surface area contributed by atoms with Crippen molar-refractivity contribution in [1.82, 2.24) is 14.5 Å². The molecule has 1 heterocycles. The first kappa shape index (κ1) is 26.4. The summed E-state index contributed by atoms with van der Waals surface area (Å²) in [6.07, 6.45) is 2.84. The molecule has 0 spiro atoms. The van der Waals surface area contributed by atoms with Crippen molar-refractivity contribution >= 4 is 39.1 Å². The van der Waals surface area contributed by atoms with Crippen LogP contribution in [0.2, 0.25) is 10.0 Å². The van der Waals surface area contributed by atoms with E-state index in [0.29, 0.717) is 16.6 Å². The highest BCUT2D eigenvalue weighted by molar-refractivity contribution is 7.89. The van der Waals surface area contributed by atoms with Crippen LogP contribution in [-0.4, -0.2) is 56.1 Å². The molecular formula is C25H30Cl2FN3O3S. The Balaban J connectivity index is 1.48. The molecule has 2 fully saturated rings. The van der Waals surface area contributed by atoms with Crippen LogP contribution in [0.25, 0.3) is 0 Å². The molecule has 6 nitrogen and oxygen atoms in total. The number of halogens is 3. The molecular weight excluding hydrogens is 512 g/mol. The van der Waals surface area contributed by atoms with E-state index in [1.54, 1.807) is 6.07 Å². The van der Waals surface area contributed by atoms with Crippen LogP contribution >= 0.6 is 23.2 Å². The largest absolute Gasteiger partial charge is 0.296 e. The van der Waals surface area contributed by atoms with Gasteiger partial charge in [-0.05, 0) is 79.6 Å². The molecule has 0 aromatic heterocycles. The molecule has 1 N–H and O–H groups in total. The van der Waals surface area contributed by atoms with Crippen molar-refractivity contribution in [3.8, 4) is 0 Å². The molecule has 2 aromatic rings. The van der Waals surface area contributed by atoms with E-state index in [2.05, 4.69) is 23.6 Å². The number of nitrogens with zero attached hydrogens (tertiary/aromatic N) is 2. The summed E-state index contributed by atoms with van der Waals surface area (Å²) >= 11 is 12.4. The van der Waals surface area contributed by atoms with Gasteiger partial charge in [0.15, 0.2) is 0 Å². The van der Waals surface area contributed by atoms with Crippen molar-refractivity contribution in [1.29, 1.82) is 0 Å². The average Bonchev–Trinajstić information content (AvgIpc) is 3.57. The topological polar surface area (TPSA) is 69.7 Å². The van der Waals surface area contributed by atoms with Gasteiger partial charge in [0, 0.05) is 48.3 Å². The van der Waals surface area contributed by atoms with Crippen LogP contribution in [0, 0.1) is 5.82 Å². The quantitative estimate of drug-likeness (QED) is 0.536. The van der Waals surface area contributed by atoms with Gasteiger partial charge < -0.3 is 0 Å². The van der Waals surface area contributed by atoms with Gasteiger partial charge in [-0.1, -0.05) is 23.2 Å². The van der Waals surface area contributed by atoms with Gasteiger partial charge in [0.25, 0.3) is 5.91 Å². The minimum Gasteiger partial charge on any atom is -0.296 e. The minimum atomic E-state index is -3.78. The van der Waals surface area contributed by atoms with Gasteiger partial charge in [0.2, 0.25) is 10.0 Å². The van der Waals surface area contributed by atoms with Gasteiger partial charge in [-0.3, -0.25) is 14.6 Å². The Morgan fingerprint density at radius 2 is 1.80 bits per heavy atom. The van der Waals surface area contributed by atoms with Crippen molar-refractivity contribution < 1.29 is 17.6 Å². The lowest BCUT2D eigenvalue weighted by Gasteiger charge is -2.43. The third-order valence-electron chi connectivity index (χ3n) is 6.79. The van der Waals surface area contributed by atoms with Crippen molar-refractivity contribution in [2.24, 2.45) is 0 Å². The van der Waals surface area contributed by atoms with Crippen LogP contribution in [0.5, 0.6) is 0 Å². The van der Waals surface area contributed by atoms with Crippen LogP contribution in [0.1, 0.15) is 65.7 Å². The summed E-state index contributed by atoms with van der Waals surface area (Å²) in [5.74, 6) is -1.36. The molecule has 1 saturated heterocycles. The molecule has 0 bridgehead atoms. The fraction of sp³-hybridized carbons (Fsp3) is 0.480. The number of sulfonamides is 1. The summed E-state index contributed by atoms with van der Waals surface area (Å²) in [6, 6.07) is 8.97. The Labute approximate surface area is 216 Å². The lowest BCUT2D eigenvalue weighted by Crippen LogP contribution is -2.52.